The van der Waals surface area contributed by atoms with Crippen LogP contribution in [0.5, 0.6) is 0 Å². The van der Waals surface area contributed by atoms with Crippen molar-refractivity contribution >= 4 is 33.3 Å². The highest BCUT2D eigenvalue weighted by Crippen LogP contribution is 2.22. The largest absolute Gasteiger partial charge is 0.444 e. The Bertz CT molecular complexity index is 543. The monoisotopic (exact) mass is 250 g/mol. The number of fused-ring (bicyclic) bond motifs is 1. The van der Waals surface area contributed by atoms with Crippen molar-refractivity contribution in [1.82, 2.24) is 4.98 Å². The van der Waals surface area contributed by atoms with E-state index in [0.717, 1.165) is 15.9 Å². The van der Waals surface area contributed by atoms with Gasteiger partial charge in [0.2, 0.25) is 0 Å². The highest BCUT2D eigenvalue weighted by Gasteiger charge is 2.16. The van der Waals surface area contributed by atoms with Gasteiger partial charge in [-0.25, -0.2) is 9.78 Å². The first-order chi connectivity index (χ1) is 7.94. The molecule has 1 amide bonds. The Morgan fingerprint density at radius 2 is 2.18 bits per heavy atom. The molecule has 0 saturated heterocycles. The first kappa shape index (κ1) is 11.9. The van der Waals surface area contributed by atoms with E-state index < -0.39 is 11.7 Å². The molecule has 0 aliphatic rings. The van der Waals surface area contributed by atoms with Crippen LogP contribution in [-0.4, -0.2) is 16.7 Å². The molecule has 0 unspecified atom stereocenters. The number of hydrogen-bond donors (Lipinski definition) is 1. The molecule has 1 aromatic heterocycles. The summed E-state index contributed by atoms with van der Waals surface area (Å²) < 4.78 is 6.21. The Balaban J connectivity index is 2.10. The molecule has 2 aromatic rings. The third-order valence-corrected chi connectivity index (χ3v) is 2.77. The van der Waals surface area contributed by atoms with E-state index in [2.05, 4.69) is 10.3 Å². The number of thiazole rings is 1. The van der Waals surface area contributed by atoms with Crippen LogP contribution in [0.25, 0.3) is 10.2 Å². The van der Waals surface area contributed by atoms with E-state index in [1.807, 2.05) is 39.0 Å². The molecular weight excluding hydrogens is 236 g/mol. The van der Waals surface area contributed by atoms with Gasteiger partial charge in [-0.15, -0.1) is 11.3 Å². The van der Waals surface area contributed by atoms with Gasteiger partial charge < -0.3 is 4.74 Å². The molecule has 0 radical (unpaired) electrons. The number of ether oxygens (including phenoxy) is 1. The lowest BCUT2D eigenvalue weighted by Gasteiger charge is -2.19. The van der Waals surface area contributed by atoms with E-state index in [-0.39, 0.29) is 0 Å². The Morgan fingerprint density at radius 1 is 1.41 bits per heavy atom. The number of rotatable bonds is 1. The lowest BCUT2D eigenvalue weighted by molar-refractivity contribution is 0.0636. The third-order valence-electron chi connectivity index (χ3n) is 1.98. The Kier molecular flexibility index (Phi) is 3.02. The summed E-state index contributed by atoms with van der Waals surface area (Å²) >= 11 is 1.54. The third kappa shape index (κ3) is 3.17. The molecule has 1 heterocycles. The summed E-state index contributed by atoms with van der Waals surface area (Å²) in [6.07, 6.45) is -0.443. The molecule has 0 atom stereocenters. The number of hydrogen-bond acceptors (Lipinski definition) is 4. The summed E-state index contributed by atoms with van der Waals surface area (Å²) in [4.78, 5) is 15.7. The molecule has 0 fully saturated rings. The molecule has 5 heteroatoms. The minimum absolute atomic E-state index is 0.443. The van der Waals surface area contributed by atoms with Crippen molar-refractivity contribution in [3.63, 3.8) is 0 Å². The first-order valence-electron chi connectivity index (χ1n) is 5.27. The second kappa shape index (κ2) is 4.33. The average molecular weight is 250 g/mol. The Labute approximate surface area is 104 Å². The molecule has 2 rings (SSSR count). The first-order valence-corrected chi connectivity index (χ1v) is 6.15. The minimum atomic E-state index is -0.487. The van der Waals surface area contributed by atoms with Crippen LogP contribution in [0.2, 0.25) is 0 Å². The molecule has 1 aromatic carbocycles. The standard InChI is InChI=1S/C12H14N2O2S/c1-12(2,3)16-11(15)14-8-4-5-9-10(6-8)17-7-13-9/h4-7H,1-3H3,(H,14,15). The molecule has 0 saturated carbocycles. The Morgan fingerprint density at radius 3 is 2.88 bits per heavy atom. The van der Waals surface area contributed by atoms with Gasteiger partial charge in [0.1, 0.15) is 5.60 Å². The predicted molar refractivity (Wildman–Crippen MR) is 69.5 cm³/mol. The van der Waals surface area contributed by atoms with Crippen LogP contribution in [0.3, 0.4) is 0 Å². The summed E-state index contributed by atoms with van der Waals surface area (Å²) in [6, 6.07) is 5.57. The van der Waals surface area contributed by atoms with E-state index in [0.29, 0.717) is 0 Å². The summed E-state index contributed by atoms with van der Waals surface area (Å²) in [5, 5.41) is 2.70. The summed E-state index contributed by atoms with van der Waals surface area (Å²) in [5.41, 5.74) is 2.95. The number of nitrogens with one attached hydrogen (secondary N) is 1. The van der Waals surface area contributed by atoms with Gasteiger partial charge in [-0.3, -0.25) is 5.32 Å². The zero-order chi connectivity index (χ0) is 12.5. The summed E-state index contributed by atoms with van der Waals surface area (Å²) in [5.74, 6) is 0. The van der Waals surface area contributed by atoms with E-state index in [4.69, 9.17) is 4.74 Å². The van der Waals surface area contributed by atoms with Crippen molar-refractivity contribution in [3.05, 3.63) is 23.7 Å². The SMILES string of the molecule is CC(C)(C)OC(=O)Nc1ccc2ncsc2c1. The predicted octanol–water partition coefficient (Wildman–Crippen LogP) is 3.64. The van der Waals surface area contributed by atoms with Crippen molar-refractivity contribution in [1.29, 1.82) is 0 Å². The van der Waals surface area contributed by atoms with Crippen molar-refractivity contribution in [2.24, 2.45) is 0 Å². The van der Waals surface area contributed by atoms with Gasteiger partial charge in [-0.2, -0.15) is 0 Å². The van der Waals surface area contributed by atoms with Gasteiger partial charge in [-0.1, -0.05) is 0 Å². The Hall–Kier alpha value is -1.62. The molecular formula is C12H14N2O2S. The maximum Gasteiger partial charge on any atom is 0.412 e. The van der Waals surface area contributed by atoms with Crippen molar-refractivity contribution in [3.8, 4) is 0 Å². The number of carbonyl (C=O) groups is 1. The molecule has 4 nitrogen and oxygen atoms in total. The number of benzene rings is 1. The van der Waals surface area contributed by atoms with Gasteiger partial charge >= 0.3 is 6.09 Å². The lowest BCUT2D eigenvalue weighted by Crippen LogP contribution is -2.27. The summed E-state index contributed by atoms with van der Waals surface area (Å²) in [6.45, 7) is 5.50. The molecule has 90 valence electrons. The van der Waals surface area contributed by atoms with Gasteiger partial charge in [-0.05, 0) is 39.0 Å². The number of anilines is 1. The topological polar surface area (TPSA) is 51.2 Å². The minimum Gasteiger partial charge on any atom is -0.444 e. The normalized spacial score (nSPS) is 11.5. The zero-order valence-electron chi connectivity index (χ0n) is 9.98. The van der Waals surface area contributed by atoms with Crippen LogP contribution in [0.1, 0.15) is 20.8 Å². The lowest BCUT2D eigenvalue weighted by atomic mass is 10.2. The molecule has 0 bridgehead atoms. The van der Waals surface area contributed by atoms with Crippen LogP contribution in [0, 0.1) is 0 Å². The van der Waals surface area contributed by atoms with Crippen LogP contribution in [-0.2, 0) is 4.74 Å². The number of aromatic nitrogens is 1. The molecule has 0 spiro atoms. The van der Waals surface area contributed by atoms with Crippen LogP contribution in [0.4, 0.5) is 10.5 Å². The smallest absolute Gasteiger partial charge is 0.412 e. The average Bonchev–Trinajstić information content (AvgIpc) is 2.61. The van der Waals surface area contributed by atoms with Crippen LogP contribution >= 0.6 is 11.3 Å². The highest BCUT2D eigenvalue weighted by molar-refractivity contribution is 7.16. The quantitative estimate of drug-likeness (QED) is 0.840. The maximum atomic E-state index is 11.6. The van der Waals surface area contributed by atoms with E-state index in [1.165, 1.54) is 11.3 Å². The van der Waals surface area contributed by atoms with E-state index in [1.54, 1.807) is 5.51 Å². The van der Waals surface area contributed by atoms with Gasteiger partial charge in [0.15, 0.2) is 0 Å². The van der Waals surface area contributed by atoms with E-state index in [9.17, 15) is 4.79 Å². The molecule has 0 aliphatic heterocycles. The van der Waals surface area contributed by atoms with Gasteiger partial charge in [0, 0.05) is 5.69 Å². The van der Waals surface area contributed by atoms with Crippen molar-refractivity contribution in [2.75, 3.05) is 5.32 Å². The highest BCUT2D eigenvalue weighted by atomic mass is 32.1. The van der Waals surface area contributed by atoms with Crippen molar-refractivity contribution < 1.29 is 9.53 Å². The van der Waals surface area contributed by atoms with Gasteiger partial charge in [0.25, 0.3) is 0 Å². The van der Waals surface area contributed by atoms with Crippen molar-refractivity contribution in [2.45, 2.75) is 26.4 Å². The number of nitrogens with zero attached hydrogens (tertiary/aromatic N) is 1. The molecule has 1 N–H and O–H groups in total. The number of amides is 1. The molecule has 0 aliphatic carbocycles. The van der Waals surface area contributed by atoms with Gasteiger partial charge in [0.05, 0.1) is 15.7 Å². The second-order valence-corrected chi connectivity index (χ2v) is 5.55. The number of carbonyl (C=O) groups excluding carboxylic acids is 1. The fraction of sp³-hybridized carbons (Fsp3) is 0.333. The molecule has 17 heavy (non-hydrogen) atoms. The maximum absolute atomic E-state index is 11.6. The fourth-order valence-corrected chi connectivity index (χ4v) is 2.07. The fourth-order valence-electron chi connectivity index (χ4n) is 1.35. The van der Waals surface area contributed by atoms with Crippen LogP contribution in [0.15, 0.2) is 23.7 Å². The second-order valence-electron chi connectivity index (χ2n) is 4.66. The van der Waals surface area contributed by atoms with E-state index >= 15 is 0 Å². The summed E-state index contributed by atoms with van der Waals surface area (Å²) in [7, 11) is 0. The van der Waals surface area contributed by atoms with Crippen LogP contribution < -0.4 is 5.32 Å². The zero-order valence-corrected chi connectivity index (χ0v) is 10.8.